The molecule has 3 atom stereocenters. The molecule has 3 heterocycles. The highest BCUT2D eigenvalue weighted by molar-refractivity contribution is 7.10. The van der Waals surface area contributed by atoms with Crippen molar-refractivity contribution < 1.29 is 28.2 Å². The fraction of sp³-hybridized carbons (Fsp3) is 0.636. The Hall–Kier alpha value is -2.73. The van der Waals surface area contributed by atoms with Crippen LogP contribution in [0.3, 0.4) is 0 Å². The summed E-state index contributed by atoms with van der Waals surface area (Å²) in [6.45, 7) is 4.44. The highest BCUT2D eigenvalue weighted by Gasteiger charge is 2.39. The highest BCUT2D eigenvalue weighted by atomic mass is 32.1. The number of carbonyl (C=O) groups is 3. The molecule has 1 aromatic carbocycles. The van der Waals surface area contributed by atoms with Gasteiger partial charge in [0.15, 0.2) is 6.29 Å². The zero-order valence-electron chi connectivity index (χ0n) is 25.6. The molecule has 2 aliphatic heterocycles. The molecule has 11 heteroatoms. The van der Waals surface area contributed by atoms with E-state index >= 15 is 0 Å². The number of rotatable bonds is 13. The van der Waals surface area contributed by atoms with Crippen LogP contribution in [0, 0.1) is 11.7 Å². The quantitative estimate of drug-likeness (QED) is 0.233. The molecule has 0 spiro atoms. The molecule has 2 aromatic rings. The molecule has 2 N–H and O–H groups in total. The Kier molecular flexibility index (Phi) is 11.9. The number of ketones is 1. The van der Waals surface area contributed by atoms with E-state index in [2.05, 4.69) is 15.6 Å². The predicted octanol–water partition coefficient (Wildman–Crippen LogP) is 5.15. The second-order valence-corrected chi connectivity index (χ2v) is 13.1. The maximum absolute atomic E-state index is 14.3. The molecular weight excluding hydrogens is 583 g/mol. The molecule has 0 radical (unpaired) electrons. The predicted molar refractivity (Wildman–Crippen MR) is 166 cm³/mol. The average molecular weight is 629 g/mol. The van der Waals surface area contributed by atoms with E-state index in [1.54, 1.807) is 5.38 Å². The summed E-state index contributed by atoms with van der Waals surface area (Å²) >= 11 is 1.38. The van der Waals surface area contributed by atoms with Crippen molar-refractivity contribution in [1.29, 1.82) is 0 Å². The number of ether oxygens (including phenoxy) is 2. The van der Waals surface area contributed by atoms with Crippen LogP contribution in [0.5, 0.6) is 0 Å². The van der Waals surface area contributed by atoms with Gasteiger partial charge in [-0.1, -0.05) is 19.3 Å². The number of aromatic nitrogens is 1. The number of hydrogen-bond acceptors (Lipinski definition) is 8. The minimum atomic E-state index is -0.593. The Morgan fingerprint density at radius 1 is 1.02 bits per heavy atom. The van der Waals surface area contributed by atoms with Crippen molar-refractivity contribution in [1.82, 2.24) is 20.5 Å². The molecule has 0 bridgehead atoms. The first-order valence-corrected chi connectivity index (χ1v) is 17.1. The largest absolute Gasteiger partial charge is 0.350 e. The van der Waals surface area contributed by atoms with Crippen molar-refractivity contribution in [3.8, 4) is 0 Å². The molecule has 3 fully saturated rings. The summed E-state index contributed by atoms with van der Waals surface area (Å²) in [5, 5.41) is 8.92. The molecule has 1 aliphatic carbocycles. The fourth-order valence-corrected chi connectivity index (χ4v) is 7.42. The molecule has 9 nitrogen and oxygen atoms in total. The first-order valence-electron chi connectivity index (χ1n) is 16.2. The average Bonchev–Trinajstić information content (AvgIpc) is 3.76. The maximum Gasteiger partial charge on any atom is 0.246 e. The van der Waals surface area contributed by atoms with Gasteiger partial charge in [-0.3, -0.25) is 14.4 Å². The van der Waals surface area contributed by atoms with Crippen molar-refractivity contribution in [3.05, 3.63) is 51.7 Å². The van der Waals surface area contributed by atoms with E-state index in [1.165, 1.54) is 35.6 Å². The van der Waals surface area contributed by atoms with Gasteiger partial charge in [-0.25, -0.2) is 9.37 Å². The van der Waals surface area contributed by atoms with Gasteiger partial charge in [-0.05, 0) is 95.0 Å². The minimum absolute atomic E-state index is 0.0553. The summed E-state index contributed by atoms with van der Waals surface area (Å²) in [6.07, 6.45) is 10.3. The zero-order chi connectivity index (χ0) is 30.9. The lowest BCUT2D eigenvalue weighted by Crippen LogP contribution is -2.57. The molecule has 1 aromatic heterocycles. The number of halogens is 1. The van der Waals surface area contributed by atoms with Crippen LogP contribution in [0.15, 0.2) is 29.6 Å². The number of likely N-dealkylation sites (tertiary alicyclic amines) is 1. The van der Waals surface area contributed by atoms with Crippen LogP contribution < -0.4 is 10.6 Å². The van der Waals surface area contributed by atoms with E-state index in [9.17, 15) is 18.8 Å². The van der Waals surface area contributed by atoms with Crippen LogP contribution in [0.25, 0.3) is 0 Å². The maximum atomic E-state index is 14.3. The van der Waals surface area contributed by atoms with Crippen molar-refractivity contribution >= 4 is 28.9 Å². The Morgan fingerprint density at radius 2 is 1.75 bits per heavy atom. The van der Waals surface area contributed by atoms with Gasteiger partial charge in [0.1, 0.15) is 22.6 Å². The summed E-state index contributed by atoms with van der Waals surface area (Å²) < 4.78 is 24.4. The van der Waals surface area contributed by atoms with Crippen LogP contribution in [0.2, 0.25) is 0 Å². The van der Waals surface area contributed by atoms with Gasteiger partial charge < -0.3 is 25.0 Å². The number of nitrogens with one attached hydrogen (secondary N) is 2. The minimum Gasteiger partial charge on any atom is -0.350 e. The summed E-state index contributed by atoms with van der Waals surface area (Å²) in [4.78, 5) is 47.3. The van der Waals surface area contributed by atoms with E-state index < -0.39 is 17.9 Å². The van der Waals surface area contributed by atoms with Crippen molar-refractivity contribution in [2.75, 3.05) is 26.3 Å². The van der Waals surface area contributed by atoms with E-state index in [-0.39, 0.29) is 35.8 Å². The SMILES string of the molecule is C[C@H](NCCCCC1OCCO1)C(=O)N[C@H](C(=O)N1CCCC[C@H]1c1nc(C(=O)c2ccc(F)cc2)cs1)C1CCCCC1. The smallest absolute Gasteiger partial charge is 0.246 e. The highest BCUT2D eigenvalue weighted by Crippen LogP contribution is 2.36. The number of carbonyl (C=O) groups excluding carboxylic acids is 3. The van der Waals surface area contributed by atoms with Gasteiger partial charge >= 0.3 is 0 Å². The molecule has 1 saturated carbocycles. The second-order valence-electron chi connectivity index (χ2n) is 12.2. The molecule has 2 amide bonds. The van der Waals surface area contributed by atoms with Crippen LogP contribution in [0.1, 0.15) is 105 Å². The van der Waals surface area contributed by atoms with Gasteiger partial charge in [-0.15, -0.1) is 11.3 Å². The third kappa shape index (κ3) is 8.50. The molecule has 3 aliphatic rings. The lowest BCUT2D eigenvalue weighted by molar-refractivity contribution is -0.142. The normalized spacial score (nSPS) is 21.2. The Labute approximate surface area is 263 Å². The fourth-order valence-electron chi connectivity index (χ4n) is 6.47. The van der Waals surface area contributed by atoms with Crippen LogP contribution in [0.4, 0.5) is 4.39 Å². The first-order chi connectivity index (χ1) is 21.4. The number of unbranched alkanes of at least 4 members (excludes halogenated alkanes) is 1. The first kappa shape index (κ1) is 32.7. The lowest BCUT2D eigenvalue weighted by atomic mass is 9.82. The van der Waals surface area contributed by atoms with Crippen molar-refractivity contribution in [2.24, 2.45) is 5.92 Å². The van der Waals surface area contributed by atoms with Crippen molar-refractivity contribution in [2.45, 2.75) is 102 Å². The third-order valence-electron chi connectivity index (χ3n) is 9.02. The summed E-state index contributed by atoms with van der Waals surface area (Å²) in [5.41, 5.74) is 0.675. The number of hydrogen-bond donors (Lipinski definition) is 2. The number of amides is 2. The second kappa shape index (κ2) is 16.0. The molecular formula is C33H45FN4O5S. The van der Waals surface area contributed by atoms with Gasteiger partial charge in [-0.2, -0.15) is 0 Å². The Balaban J connectivity index is 1.23. The van der Waals surface area contributed by atoms with Gasteiger partial charge in [0.05, 0.1) is 25.3 Å². The zero-order valence-corrected chi connectivity index (χ0v) is 26.4. The van der Waals surface area contributed by atoms with Gasteiger partial charge in [0.2, 0.25) is 17.6 Å². The van der Waals surface area contributed by atoms with Crippen molar-refractivity contribution in [3.63, 3.8) is 0 Å². The third-order valence-corrected chi connectivity index (χ3v) is 9.96. The number of piperidine rings is 1. The summed E-state index contributed by atoms with van der Waals surface area (Å²) in [6, 6.07) is 4.18. The van der Waals surface area contributed by atoms with E-state index in [4.69, 9.17) is 9.47 Å². The van der Waals surface area contributed by atoms with E-state index in [0.717, 1.165) is 75.6 Å². The van der Waals surface area contributed by atoms with E-state index in [1.807, 2.05) is 11.8 Å². The summed E-state index contributed by atoms with van der Waals surface area (Å²) in [7, 11) is 0. The Bertz CT molecular complexity index is 1250. The van der Waals surface area contributed by atoms with Crippen LogP contribution >= 0.6 is 11.3 Å². The topological polar surface area (TPSA) is 110 Å². The van der Waals surface area contributed by atoms with Gasteiger partial charge in [0, 0.05) is 17.5 Å². The van der Waals surface area contributed by atoms with Gasteiger partial charge in [0.25, 0.3) is 0 Å². The number of thiazole rings is 1. The molecule has 0 unspecified atom stereocenters. The molecule has 240 valence electrons. The van der Waals surface area contributed by atoms with Crippen LogP contribution in [-0.2, 0) is 19.1 Å². The summed E-state index contributed by atoms with van der Waals surface area (Å²) in [5.74, 6) is -0.794. The van der Waals surface area contributed by atoms with E-state index in [0.29, 0.717) is 37.6 Å². The standard InChI is InChI=1S/C33H45FN4O5S/c1-22(35-17-7-5-12-28-42-19-20-43-28)31(40)37-29(23-9-3-2-4-10-23)33(41)38-18-8-6-11-27(38)32-36-26(21-44-32)30(39)24-13-15-25(34)16-14-24/h13-16,21-23,27-29,35H,2-12,17-20H2,1H3,(H,37,40)/t22-,27-,29-/m0/s1. The number of benzene rings is 1. The Morgan fingerprint density at radius 3 is 2.50 bits per heavy atom. The number of nitrogens with zero attached hydrogens (tertiary/aromatic N) is 2. The van der Waals surface area contributed by atoms with Crippen LogP contribution in [-0.4, -0.2) is 72.2 Å². The molecule has 44 heavy (non-hydrogen) atoms. The monoisotopic (exact) mass is 628 g/mol. The molecule has 5 rings (SSSR count). The molecule has 2 saturated heterocycles. The lowest BCUT2D eigenvalue weighted by Gasteiger charge is -2.40.